The molecule has 0 spiro atoms. The fourth-order valence-electron chi connectivity index (χ4n) is 2.71. The van der Waals surface area contributed by atoms with Crippen LogP contribution in [0.15, 0.2) is 12.2 Å². The van der Waals surface area contributed by atoms with Crippen molar-refractivity contribution in [3.63, 3.8) is 0 Å². The Kier molecular flexibility index (Phi) is 18.5. The largest absolute Gasteiger partial charge is 0.378 e. The molecule has 0 aliphatic heterocycles. The summed E-state index contributed by atoms with van der Waals surface area (Å²) < 4.78 is 5.91. The number of allylic oxidation sites excluding steroid dienone is 2. The molecule has 132 valence electrons. The van der Waals surface area contributed by atoms with Crippen LogP contribution in [0.2, 0.25) is 0 Å². The molecule has 0 heterocycles. The van der Waals surface area contributed by atoms with Gasteiger partial charge >= 0.3 is 0 Å². The van der Waals surface area contributed by atoms with Gasteiger partial charge in [-0.15, -0.1) is 0 Å². The minimum atomic E-state index is 0.499. The van der Waals surface area contributed by atoms with Crippen LogP contribution in [0.4, 0.5) is 0 Å². The summed E-state index contributed by atoms with van der Waals surface area (Å²) in [5.41, 5.74) is 0. The summed E-state index contributed by atoms with van der Waals surface area (Å²) in [6.45, 7) is 7.70. The quantitative estimate of drug-likeness (QED) is 0.200. The Balaban J connectivity index is 3.30. The van der Waals surface area contributed by atoms with Crippen molar-refractivity contribution in [3.05, 3.63) is 12.2 Å². The van der Waals surface area contributed by atoms with Gasteiger partial charge in [-0.3, -0.25) is 0 Å². The van der Waals surface area contributed by atoms with E-state index in [1.54, 1.807) is 0 Å². The summed E-state index contributed by atoms with van der Waals surface area (Å²) in [6.07, 6.45) is 23.7. The first kappa shape index (κ1) is 21.7. The molecule has 22 heavy (non-hydrogen) atoms. The molecule has 0 aliphatic rings. The zero-order valence-corrected chi connectivity index (χ0v) is 15.7. The van der Waals surface area contributed by atoms with Crippen LogP contribution < -0.4 is 0 Å². The monoisotopic (exact) mass is 310 g/mol. The molecule has 0 aliphatic carbocycles. The van der Waals surface area contributed by atoms with Crippen LogP contribution in [0.3, 0.4) is 0 Å². The summed E-state index contributed by atoms with van der Waals surface area (Å²) in [4.78, 5) is 0. The first-order chi connectivity index (χ1) is 10.8. The predicted molar refractivity (Wildman–Crippen MR) is 101 cm³/mol. The van der Waals surface area contributed by atoms with E-state index in [-0.39, 0.29) is 0 Å². The summed E-state index contributed by atoms with van der Waals surface area (Å²) in [5.74, 6) is 0. The van der Waals surface area contributed by atoms with Gasteiger partial charge in [0.1, 0.15) is 0 Å². The summed E-state index contributed by atoms with van der Waals surface area (Å²) in [5, 5.41) is 0. The summed E-state index contributed by atoms with van der Waals surface area (Å²) >= 11 is 0. The zero-order valence-electron chi connectivity index (χ0n) is 15.7. The van der Waals surface area contributed by atoms with E-state index in [1.807, 2.05) is 0 Å². The van der Waals surface area contributed by atoms with Gasteiger partial charge < -0.3 is 4.74 Å². The van der Waals surface area contributed by atoms with Gasteiger partial charge in [-0.2, -0.15) is 0 Å². The highest BCUT2D eigenvalue weighted by Gasteiger charge is 2.05. The minimum Gasteiger partial charge on any atom is -0.378 e. The fourth-order valence-corrected chi connectivity index (χ4v) is 2.71. The van der Waals surface area contributed by atoms with Gasteiger partial charge in [0, 0.05) is 6.61 Å². The number of ether oxygens (including phenoxy) is 1. The van der Waals surface area contributed by atoms with Crippen molar-refractivity contribution < 1.29 is 4.74 Å². The number of unbranched alkanes of at least 4 members (excludes halogenated alkanes) is 9. The topological polar surface area (TPSA) is 9.23 Å². The maximum atomic E-state index is 5.91. The van der Waals surface area contributed by atoms with E-state index in [9.17, 15) is 0 Å². The highest BCUT2D eigenvalue weighted by atomic mass is 16.5. The van der Waals surface area contributed by atoms with E-state index in [4.69, 9.17) is 4.74 Å². The van der Waals surface area contributed by atoms with E-state index < -0.39 is 0 Å². The normalized spacial score (nSPS) is 13.0. The Hall–Kier alpha value is -0.300. The van der Waals surface area contributed by atoms with Crippen molar-refractivity contribution in [1.82, 2.24) is 0 Å². The Morgan fingerprint density at radius 2 is 1.27 bits per heavy atom. The first-order valence-corrected chi connectivity index (χ1v) is 10.1. The summed E-state index contributed by atoms with van der Waals surface area (Å²) in [6, 6.07) is 0. The number of rotatable bonds is 17. The standard InChI is InChI=1S/C21H42O/c1-4-7-9-10-11-12-13-14-15-16-17-18-19-21(6-3)22-20-8-5-2/h14-15,21H,4-13,16-20H2,1-3H3/b15-14-. The first-order valence-electron chi connectivity index (χ1n) is 10.1. The molecule has 1 nitrogen and oxygen atoms in total. The fraction of sp³-hybridized carbons (Fsp3) is 0.905. The van der Waals surface area contributed by atoms with Crippen molar-refractivity contribution in [2.24, 2.45) is 0 Å². The van der Waals surface area contributed by atoms with Crippen LogP contribution in [0, 0.1) is 0 Å². The van der Waals surface area contributed by atoms with Gasteiger partial charge in [-0.1, -0.05) is 77.9 Å². The Morgan fingerprint density at radius 1 is 0.682 bits per heavy atom. The van der Waals surface area contributed by atoms with Gasteiger partial charge in [0.25, 0.3) is 0 Å². The molecular formula is C21H42O. The molecule has 0 amide bonds. The third-order valence-electron chi connectivity index (χ3n) is 4.34. The molecule has 0 bridgehead atoms. The molecule has 0 aromatic heterocycles. The molecule has 1 atom stereocenters. The number of hydrogen-bond donors (Lipinski definition) is 0. The van der Waals surface area contributed by atoms with Gasteiger partial charge in [0.05, 0.1) is 6.10 Å². The zero-order chi connectivity index (χ0) is 16.3. The van der Waals surface area contributed by atoms with E-state index in [0.29, 0.717) is 6.10 Å². The highest BCUT2D eigenvalue weighted by molar-refractivity contribution is 4.81. The molecule has 0 fully saturated rings. The third kappa shape index (κ3) is 16.1. The van der Waals surface area contributed by atoms with Gasteiger partial charge in [-0.05, 0) is 44.9 Å². The van der Waals surface area contributed by atoms with Crippen molar-refractivity contribution >= 4 is 0 Å². The molecule has 0 saturated carbocycles. The average Bonchev–Trinajstić information content (AvgIpc) is 2.54. The maximum absolute atomic E-state index is 5.91. The Labute approximate surface area is 140 Å². The molecule has 1 unspecified atom stereocenters. The lowest BCUT2D eigenvalue weighted by Gasteiger charge is -2.15. The summed E-state index contributed by atoms with van der Waals surface area (Å²) in [7, 11) is 0. The van der Waals surface area contributed by atoms with E-state index in [2.05, 4.69) is 32.9 Å². The van der Waals surface area contributed by atoms with Crippen molar-refractivity contribution in [2.75, 3.05) is 6.61 Å². The van der Waals surface area contributed by atoms with Crippen molar-refractivity contribution in [2.45, 2.75) is 117 Å². The van der Waals surface area contributed by atoms with Crippen LogP contribution in [-0.2, 0) is 4.74 Å². The van der Waals surface area contributed by atoms with Crippen LogP contribution in [0.5, 0.6) is 0 Å². The molecule has 0 N–H and O–H groups in total. The predicted octanol–water partition coefficient (Wildman–Crippen LogP) is 7.45. The molecule has 0 radical (unpaired) electrons. The molecule has 0 rings (SSSR count). The number of hydrogen-bond acceptors (Lipinski definition) is 1. The molecule has 0 aromatic rings. The van der Waals surface area contributed by atoms with Crippen LogP contribution in [0.25, 0.3) is 0 Å². The van der Waals surface area contributed by atoms with Crippen LogP contribution >= 0.6 is 0 Å². The lowest BCUT2D eigenvalue weighted by atomic mass is 10.1. The third-order valence-corrected chi connectivity index (χ3v) is 4.34. The van der Waals surface area contributed by atoms with E-state index >= 15 is 0 Å². The molecular weight excluding hydrogens is 268 g/mol. The second-order valence-corrected chi connectivity index (χ2v) is 6.57. The van der Waals surface area contributed by atoms with Crippen LogP contribution in [-0.4, -0.2) is 12.7 Å². The highest BCUT2D eigenvalue weighted by Crippen LogP contribution is 2.12. The minimum absolute atomic E-state index is 0.499. The second-order valence-electron chi connectivity index (χ2n) is 6.57. The second kappa shape index (κ2) is 18.7. The molecule has 1 heteroatoms. The van der Waals surface area contributed by atoms with Gasteiger partial charge in [0.15, 0.2) is 0 Å². The smallest absolute Gasteiger partial charge is 0.0572 e. The van der Waals surface area contributed by atoms with Crippen molar-refractivity contribution in [1.29, 1.82) is 0 Å². The van der Waals surface area contributed by atoms with E-state index in [1.165, 1.54) is 83.5 Å². The SMILES string of the molecule is CCCCCCCC/C=C\CCCCC(CC)OCCCC. The molecule has 0 aromatic carbocycles. The van der Waals surface area contributed by atoms with Gasteiger partial charge in [0.2, 0.25) is 0 Å². The Bertz CT molecular complexity index is 222. The molecule has 0 saturated heterocycles. The Morgan fingerprint density at radius 3 is 1.91 bits per heavy atom. The maximum Gasteiger partial charge on any atom is 0.0572 e. The van der Waals surface area contributed by atoms with Crippen LogP contribution in [0.1, 0.15) is 111 Å². The lowest BCUT2D eigenvalue weighted by molar-refractivity contribution is 0.0416. The van der Waals surface area contributed by atoms with Gasteiger partial charge in [-0.25, -0.2) is 0 Å². The van der Waals surface area contributed by atoms with E-state index in [0.717, 1.165) is 13.0 Å². The van der Waals surface area contributed by atoms with Crippen molar-refractivity contribution in [3.8, 4) is 0 Å². The lowest BCUT2D eigenvalue weighted by Crippen LogP contribution is -2.12. The average molecular weight is 311 g/mol.